The molecule has 0 bridgehead atoms. The highest BCUT2D eigenvalue weighted by Gasteiger charge is 2.41. The smallest absolute Gasteiger partial charge is 0.393 e. The van der Waals surface area contributed by atoms with E-state index in [0.717, 1.165) is 24.4 Å². The summed E-state index contributed by atoms with van der Waals surface area (Å²) >= 11 is 0. The molecule has 1 aromatic heterocycles. The number of aryl methyl sites for hydroxylation is 1. The molecule has 3 rings (SSSR count). The van der Waals surface area contributed by atoms with Gasteiger partial charge in [0.1, 0.15) is 17.6 Å². The Hall–Kier alpha value is -2.79. The average Bonchev–Trinajstić information content (AvgIpc) is 2.72. The molecule has 2 aromatic rings. The molecule has 1 aromatic carbocycles. The van der Waals surface area contributed by atoms with Crippen LogP contribution in [0, 0.1) is 12.7 Å². The summed E-state index contributed by atoms with van der Waals surface area (Å²) in [5.41, 5.74) is -3.24. The lowest BCUT2D eigenvalue weighted by Gasteiger charge is -2.36. The van der Waals surface area contributed by atoms with Crippen LogP contribution in [0.4, 0.5) is 32.4 Å². The fourth-order valence-corrected chi connectivity index (χ4v) is 3.63. The lowest BCUT2D eigenvalue weighted by atomic mass is 9.89. The van der Waals surface area contributed by atoms with E-state index < -0.39 is 47.7 Å². The maximum Gasteiger partial charge on any atom is 0.416 e. The summed E-state index contributed by atoms with van der Waals surface area (Å²) in [5, 5.41) is 21.0. The van der Waals surface area contributed by atoms with Gasteiger partial charge in [-0.3, -0.25) is 4.98 Å². The van der Waals surface area contributed by atoms with Crippen molar-refractivity contribution in [2.45, 2.75) is 37.7 Å². The third-order valence-electron chi connectivity index (χ3n) is 5.47. The highest BCUT2D eigenvalue weighted by molar-refractivity contribution is 5.89. The quantitative estimate of drug-likeness (QED) is 0.602. The number of carbonyl (C=O) groups excluding carboxylic acids is 1. The van der Waals surface area contributed by atoms with Gasteiger partial charge < -0.3 is 20.4 Å². The summed E-state index contributed by atoms with van der Waals surface area (Å²) in [4.78, 5) is 17.5. The van der Waals surface area contributed by atoms with Gasteiger partial charge in [-0.25, -0.2) is 13.6 Å². The molecule has 2 heterocycles. The number of benzene rings is 1. The molecule has 3 N–H and O–H groups in total. The summed E-state index contributed by atoms with van der Waals surface area (Å²) in [7, 11) is 0. The Morgan fingerprint density at radius 3 is 2.47 bits per heavy atom. The van der Waals surface area contributed by atoms with Gasteiger partial charge in [-0.05, 0) is 36.8 Å². The Morgan fingerprint density at radius 2 is 1.94 bits per heavy atom. The van der Waals surface area contributed by atoms with Crippen molar-refractivity contribution in [2.75, 3.05) is 25.0 Å². The summed E-state index contributed by atoms with van der Waals surface area (Å²) < 4.78 is 68.4. The monoisotopic (exact) mass is 459 g/mol. The number of aliphatic hydroxyl groups is 2. The second-order valence-electron chi connectivity index (χ2n) is 7.71. The lowest BCUT2D eigenvalue weighted by Crippen LogP contribution is -2.45. The Morgan fingerprint density at radius 1 is 1.28 bits per heavy atom. The highest BCUT2D eigenvalue weighted by Crippen LogP contribution is 2.38. The number of aromatic nitrogens is 1. The second kappa shape index (κ2) is 8.99. The normalized spacial score (nSPS) is 17.2. The molecular formula is C21H22F5N3O3. The van der Waals surface area contributed by atoms with Gasteiger partial charge in [-0.1, -0.05) is 0 Å². The van der Waals surface area contributed by atoms with Gasteiger partial charge in [-0.2, -0.15) is 13.2 Å². The van der Waals surface area contributed by atoms with E-state index in [1.165, 1.54) is 17.9 Å². The summed E-state index contributed by atoms with van der Waals surface area (Å²) in [6, 6.07) is 3.52. The average molecular weight is 459 g/mol. The van der Waals surface area contributed by atoms with Crippen molar-refractivity contribution in [2.24, 2.45) is 0 Å². The van der Waals surface area contributed by atoms with Gasteiger partial charge in [0.25, 0.3) is 0 Å². The summed E-state index contributed by atoms with van der Waals surface area (Å²) in [6.07, 6.45) is -5.22. The number of hydrogen-bond donors (Lipinski definition) is 3. The van der Waals surface area contributed by atoms with Crippen molar-refractivity contribution in [3.63, 3.8) is 0 Å². The zero-order chi connectivity index (χ0) is 23.7. The molecule has 32 heavy (non-hydrogen) atoms. The first-order valence-electron chi connectivity index (χ1n) is 9.82. The van der Waals surface area contributed by atoms with Crippen LogP contribution in [0.3, 0.4) is 0 Å². The first-order chi connectivity index (χ1) is 14.9. The van der Waals surface area contributed by atoms with Crippen LogP contribution in [0.15, 0.2) is 30.5 Å². The van der Waals surface area contributed by atoms with Crippen molar-refractivity contribution in [3.05, 3.63) is 58.7 Å². The fourth-order valence-electron chi connectivity index (χ4n) is 3.63. The molecule has 1 saturated heterocycles. The van der Waals surface area contributed by atoms with Crippen LogP contribution in [-0.2, 0) is 11.8 Å². The molecular weight excluding hydrogens is 437 g/mol. The molecule has 6 nitrogen and oxygen atoms in total. The topological polar surface area (TPSA) is 85.7 Å². The number of urea groups is 1. The van der Waals surface area contributed by atoms with E-state index in [1.54, 1.807) is 0 Å². The molecule has 0 radical (unpaired) electrons. The van der Waals surface area contributed by atoms with Crippen molar-refractivity contribution in [3.8, 4) is 0 Å². The van der Waals surface area contributed by atoms with Crippen molar-refractivity contribution >= 4 is 11.7 Å². The number of nitrogens with one attached hydrogen (secondary N) is 1. The van der Waals surface area contributed by atoms with Crippen molar-refractivity contribution in [1.29, 1.82) is 0 Å². The molecule has 1 fully saturated rings. The molecule has 0 saturated carbocycles. The van der Waals surface area contributed by atoms with E-state index in [-0.39, 0.29) is 42.7 Å². The van der Waals surface area contributed by atoms with Gasteiger partial charge in [0.15, 0.2) is 5.67 Å². The van der Waals surface area contributed by atoms with E-state index in [2.05, 4.69) is 10.3 Å². The zero-order valence-corrected chi connectivity index (χ0v) is 17.1. The first kappa shape index (κ1) is 23.9. The van der Waals surface area contributed by atoms with E-state index in [0.29, 0.717) is 0 Å². The lowest BCUT2D eigenvalue weighted by molar-refractivity contribution is -0.138. The molecule has 1 aliphatic heterocycles. The SMILES string of the molecule is Cc1cc(NC(=O)N2CCC(F)(c3ncc([C@@H](O)CO)cc3F)CC2)ccc1C(F)(F)F. The molecule has 174 valence electrons. The third kappa shape index (κ3) is 4.99. The van der Waals surface area contributed by atoms with Crippen molar-refractivity contribution < 1.29 is 37.0 Å². The number of aliphatic hydroxyl groups excluding tert-OH is 2. The van der Waals surface area contributed by atoms with Crippen LogP contribution in [0.5, 0.6) is 0 Å². The number of likely N-dealkylation sites (tertiary alicyclic amines) is 1. The van der Waals surface area contributed by atoms with Crippen LogP contribution in [0.25, 0.3) is 0 Å². The number of alkyl halides is 4. The van der Waals surface area contributed by atoms with Crippen LogP contribution in [-0.4, -0.2) is 45.8 Å². The van der Waals surface area contributed by atoms with E-state index in [9.17, 15) is 27.5 Å². The fraction of sp³-hybridized carbons (Fsp3) is 0.429. The van der Waals surface area contributed by atoms with E-state index in [4.69, 9.17) is 5.11 Å². The van der Waals surface area contributed by atoms with Crippen LogP contribution in [0.1, 0.15) is 41.3 Å². The molecule has 1 aliphatic rings. The van der Waals surface area contributed by atoms with Gasteiger partial charge in [0, 0.05) is 43.4 Å². The first-order valence-corrected chi connectivity index (χ1v) is 9.82. The van der Waals surface area contributed by atoms with Gasteiger partial charge in [-0.15, -0.1) is 0 Å². The number of halogens is 5. The van der Waals surface area contributed by atoms with Crippen LogP contribution >= 0.6 is 0 Å². The Balaban J connectivity index is 1.65. The number of piperidine rings is 1. The number of hydrogen-bond acceptors (Lipinski definition) is 4. The largest absolute Gasteiger partial charge is 0.416 e. The van der Waals surface area contributed by atoms with E-state index >= 15 is 4.39 Å². The Labute approximate surface area is 180 Å². The van der Waals surface area contributed by atoms with Gasteiger partial charge in [0.05, 0.1) is 12.2 Å². The zero-order valence-electron chi connectivity index (χ0n) is 17.1. The minimum absolute atomic E-state index is 0.0148. The summed E-state index contributed by atoms with van der Waals surface area (Å²) in [5.74, 6) is -0.962. The Bertz CT molecular complexity index is 991. The number of pyridine rings is 1. The third-order valence-corrected chi connectivity index (χ3v) is 5.47. The number of amides is 2. The van der Waals surface area contributed by atoms with Crippen molar-refractivity contribution in [1.82, 2.24) is 9.88 Å². The minimum atomic E-state index is -4.50. The molecule has 0 aliphatic carbocycles. The number of nitrogens with zero attached hydrogens (tertiary/aromatic N) is 2. The van der Waals surface area contributed by atoms with Gasteiger partial charge >= 0.3 is 12.2 Å². The number of rotatable bonds is 4. The standard InChI is InChI=1S/C21H22F5N3O3/c1-12-8-14(2-3-15(12)21(24,25)26)28-19(32)29-6-4-20(23,5-7-29)18-16(22)9-13(10-27-18)17(31)11-30/h2-3,8-10,17,30-31H,4-7,11H2,1H3,(H,28,32)/t17-/m0/s1. The molecule has 0 spiro atoms. The summed E-state index contributed by atoms with van der Waals surface area (Å²) in [6.45, 7) is 0.515. The molecule has 1 atom stereocenters. The highest BCUT2D eigenvalue weighted by atomic mass is 19.4. The van der Waals surface area contributed by atoms with Crippen LogP contribution < -0.4 is 5.32 Å². The van der Waals surface area contributed by atoms with Gasteiger partial charge in [0.2, 0.25) is 0 Å². The molecule has 2 amide bonds. The second-order valence-corrected chi connectivity index (χ2v) is 7.71. The predicted octanol–water partition coefficient (Wildman–Crippen LogP) is 4.07. The van der Waals surface area contributed by atoms with E-state index in [1.807, 2.05) is 0 Å². The maximum absolute atomic E-state index is 15.4. The maximum atomic E-state index is 15.4. The number of anilines is 1. The molecule has 11 heteroatoms. The van der Waals surface area contributed by atoms with Crippen LogP contribution in [0.2, 0.25) is 0 Å². The number of carbonyl (C=O) groups is 1. The molecule has 0 unspecified atom stereocenters. The Kier molecular flexibility index (Phi) is 6.70. The predicted molar refractivity (Wildman–Crippen MR) is 105 cm³/mol. The minimum Gasteiger partial charge on any atom is -0.393 e.